The largest absolute Gasteiger partial charge is 0.496 e. The number of anilines is 1. The summed E-state index contributed by atoms with van der Waals surface area (Å²) in [5.41, 5.74) is 5.86. The number of nitrogens with one attached hydrogen (secondary N) is 2. The van der Waals surface area contributed by atoms with Crippen molar-refractivity contribution in [1.82, 2.24) is 25.1 Å². The second-order valence-electron chi connectivity index (χ2n) is 13.4. The van der Waals surface area contributed by atoms with Gasteiger partial charge in [-0.2, -0.15) is 0 Å². The third-order valence-corrected chi connectivity index (χ3v) is 11.7. The normalized spacial score (nSPS) is 19.2. The number of amides is 1. The highest BCUT2D eigenvalue weighted by atomic mass is 32.1. The van der Waals surface area contributed by atoms with Crippen molar-refractivity contribution >= 4 is 33.1 Å². The zero-order valence-corrected chi connectivity index (χ0v) is 28.3. The van der Waals surface area contributed by atoms with E-state index in [9.17, 15) is 14.0 Å². The van der Waals surface area contributed by atoms with Crippen LogP contribution >= 0.6 is 11.3 Å². The van der Waals surface area contributed by atoms with E-state index < -0.39 is 11.3 Å². The Labute approximate surface area is 290 Å². The summed E-state index contributed by atoms with van der Waals surface area (Å²) in [5, 5.41) is 11.4. The van der Waals surface area contributed by atoms with Crippen LogP contribution < -0.4 is 15.8 Å². The second-order valence-corrected chi connectivity index (χ2v) is 14.4. The molecule has 10 nitrogen and oxygen atoms in total. The number of carbonyl (C=O) groups excluding carboxylic acids is 1. The molecule has 12 heteroatoms. The van der Waals surface area contributed by atoms with Crippen LogP contribution in [0.5, 0.6) is 5.75 Å². The number of hydrogen-bond donors (Lipinski definition) is 2. The van der Waals surface area contributed by atoms with Gasteiger partial charge in [0.1, 0.15) is 17.4 Å². The van der Waals surface area contributed by atoms with Crippen molar-refractivity contribution in [3.8, 4) is 27.6 Å². The van der Waals surface area contributed by atoms with Crippen LogP contribution in [0, 0.1) is 5.82 Å². The molecule has 0 radical (unpaired) electrons. The summed E-state index contributed by atoms with van der Waals surface area (Å²) in [6.45, 7) is 2.73. The number of aromatic amines is 1. The number of halogens is 1. The van der Waals surface area contributed by atoms with E-state index >= 15 is 0 Å². The Morgan fingerprint density at radius 1 is 1.12 bits per heavy atom. The Morgan fingerprint density at radius 2 is 1.98 bits per heavy atom. The van der Waals surface area contributed by atoms with Gasteiger partial charge in [-0.3, -0.25) is 9.78 Å². The Balaban J connectivity index is 1.22. The third-order valence-electron chi connectivity index (χ3n) is 10.5. The van der Waals surface area contributed by atoms with E-state index in [1.165, 1.54) is 34.6 Å². The van der Waals surface area contributed by atoms with Gasteiger partial charge in [0.25, 0.3) is 11.8 Å². The number of methoxy groups -OCH3 is 1. The molecule has 1 amide bonds. The van der Waals surface area contributed by atoms with Gasteiger partial charge in [-0.15, -0.1) is 16.4 Å². The molecule has 4 aromatic heterocycles. The number of benzene rings is 2. The SMILES string of the molecule is COc1cccc2c1CC[C@@H]2Nc1nccc2cc(-c3c4c(nc(CCc5ccc(F)cc5)c3-c3n[nH]c(=O)o3)[C@@]3(C)CCCN3C4=O)sc12. The van der Waals surface area contributed by atoms with E-state index in [1.807, 2.05) is 23.1 Å². The van der Waals surface area contributed by atoms with Gasteiger partial charge in [-0.1, -0.05) is 24.3 Å². The van der Waals surface area contributed by atoms with Crippen molar-refractivity contribution < 1.29 is 18.3 Å². The highest BCUT2D eigenvalue weighted by molar-refractivity contribution is 7.23. The molecule has 1 fully saturated rings. The number of rotatable bonds is 8. The molecule has 252 valence electrons. The molecule has 9 rings (SSSR count). The number of nitrogens with zero attached hydrogens (tertiary/aromatic N) is 4. The van der Waals surface area contributed by atoms with Crippen LogP contribution in [0.1, 0.15) is 70.7 Å². The maximum absolute atomic E-state index is 14.4. The molecule has 50 heavy (non-hydrogen) atoms. The molecule has 1 saturated heterocycles. The minimum absolute atomic E-state index is 0.0644. The van der Waals surface area contributed by atoms with E-state index in [-0.39, 0.29) is 23.7 Å². The standard InChI is InChI=1S/C38H33FN6O4S/c1-38-16-4-18-45(38)36(46)31-30(29(35-43-44-37(47)49-35)26(41-33(31)38)13-9-20-7-10-22(39)11-8-20)28-19-21-15-17-40-34(32(21)50-28)42-25-14-12-24-23(25)5-3-6-27(24)48-2/h3,5-8,10-11,15,17,19,25H,4,9,12-14,16,18H2,1-2H3,(H,40,42)(H,44,47)/t25-,38+/m0/s1. The first kappa shape index (κ1) is 30.7. The first-order valence-corrected chi connectivity index (χ1v) is 17.6. The number of H-pyrrole nitrogens is 1. The summed E-state index contributed by atoms with van der Waals surface area (Å²) in [5.74, 6) is 0.642. The van der Waals surface area contributed by atoms with Crippen LogP contribution in [0.25, 0.3) is 32.0 Å². The molecule has 0 bridgehead atoms. The maximum Gasteiger partial charge on any atom is 0.434 e. The lowest BCUT2D eigenvalue weighted by molar-refractivity contribution is 0.0684. The lowest BCUT2D eigenvalue weighted by Crippen LogP contribution is -2.35. The fourth-order valence-electron chi connectivity index (χ4n) is 8.13. The minimum Gasteiger partial charge on any atom is -0.496 e. The zero-order valence-electron chi connectivity index (χ0n) is 27.5. The van der Waals surface area contributed by atoms with Gasteiger partial charge in [-0.25, -0.2) is 19.3 Å². The van der Waals surface area contributed by atoms with E-state index in [0.717, 1.165) is 63.5 Å². The van der Waals surface area contributed by atoms with Crippen molar-refractivity contribution in [2.45, 2.75) is 57.0 Å². The van der Waals surface area contributed by atoms with Gasteiger partial charge in [0.05, 0.1) is 45.9 Å². The van der Waals surface area contributed by atoms with Gasteiger partial charge in [0.15, 0.2) is 0 Å². The lowest BCUT2D eigenvalue weighted by Gasteiger charge is -2.27. The summed E-state index contributed by atoms with van der Waals surface area (Å²) in [6.07, 6.45) is 6.30. The summed E-state index contributed by atoms with van der Waals surface area (Å²) in [4.78, 5) is 39.5. The fourth-order valence-corrected chi connectivity index (χ4v) is 9.29. The van der Waals surface area contributed by atoms with Crippen LogP contribution in [-0.2, 0) is 24.8 Å². The van der Waals surface area contributed by atoms with Crippen LogP contribution in [0.15, 0.2) is 70.0 Å². The smallest absolute Gasteiger partial charge is 0.434 e. The molecule has 1 aliphatic carbocycles. The van der Waals surface area contributed by atoms with Crippen LogP contribution in [0.3, 0.4) is 0 Å². The van der Waals surface area contributed by atoms with Gasteiger partial charge >= 0.3 is 5.76 Å². The highest BCUT2D eigenvalue weighted by Crippen LogP contribution is 2.53. The molecule has 2 aromatic carbocycles. The average molecular weight is 689 g/mol. The lowest BCUT2D eigenvalue weighted by atomic mass is 9.88. The number of fused-ring (bicyclic) bond motifs is 5. The van der Waals surface area contributed by atoms with Crippen LogP contribution in [0.4, 0.5) is 10.2 Å². The first-order valence-electron chi connectivity index (χ1n) is 16.8. The topological polar surface area (TPSA) is 126 Å². The van der Waals surface area contributed by atoms with Crippen LogP contribution in [-0.4, -0.2) is 44.6 Å². The third kappa shape index (κ3) is 4.76. The minimum atomic E-state index is -0.699. The number of aromatic nitrogens is 4. The predicted molar refractivity (Wildman–Crippen MR) is 188 cm³/mol. The number of carbonyl (C=O) groups is 1. The van der Waals surface area contributed by atoms with E-state index in [0.29, 0.717) is 41.8 Å². The monoisotopic (exact) mass is 688 g/mol. The van der Waals surface area contributed by atoms with Crippen molar-refractivity contribution in [3.63, 3.8) is 0 Å². The quantitative estimate of drug-likeness (QED) is 0.172. The van der Waals surface area contributed by atoms with Gasteiger partial charge in [0.2, 0.25) is 0 Å². The summed E-state index contributed by atoms with van der Waals surface area (Å²) < 4.78 is 26.0. The van der Waals surface area contributed by atoms with Crippen LogP contribution in [0.2, 0.25) is 0 Å². The Bertz CT molecular complexity index is 2380. The Kier molecular flexibility index (Phi) is 7.13. The molecule has 3 aliphatic rings. The second kappa shape index (κ2) is 11.6. The zero-order chi connectivity index (χ0) is 34.1. The number of aryl methyl sites for hydroxylation is 2. The summed E-state index contributed by atoms with van der Waals surface area (Å²) >= 11 is 1.54. The predicted octanol–water partition coefficient (Wildman–Crippen LogP) is 7.20. The Morgan fingerprint density at radius 3 is 2.78 bits per heavy atom. The number of pyridine rings is 2. The number of thiophene rings is 1. The Hall–Kier alpha value is -5.36. The summed E-state index contributed by atoms with van der Waals surface area (Å²) in [6, 6.07) is 16.7. The molecule has 2 atom stereocenters. The maximum atomic E-state index is 14.4. The molecule has 0 unspecified atom stereocenters. The van der Waals surface area contributed by atoms with Gasteiger partial charge in [-0.05, 0) is 97.9 Å². The van der Waals surface area contributed by atoms with Crippen molar-refractivity contribution in [2.24, 2.45) is 0 Å². The van der Waals surface area contributed by atoms with Gasteiger partial charge in [0, 0.05) is 23.2 Å². The summed E-state index contributed by atoms with van der Waals surface area (Å²) in [7, 11) is 1.70. The van der Waals surface area contributed by atoms with Crippen molar-refractivity contribution in [2.75, 3.05) is 19.0 Å². The van der Waals surface area contributed by atoms with E-state index in [4.69, 9.17) is 19.1 Å². The number of ether oxygens (including phenoxy) is 1. The molecule has 0 spiro atoms. The molecule has 2 aliphatic heterocycles. The highest BCUT2D eigenvalue weighted by Gasteiger charge is 2.52. The number of hydrogen-bond acceptors (Lipinski definition) is 9. The molecule has 6 heterocycles. The van der Waals surface area contributed by atoms with Gasteiger partial charge < -0.3 is 19.4 Å². The first-order chi connectivity index (χ1) is 24.3. The fraction of sp³-hybridized carbons (Fsp3) is 0.289. The van der Waals surface area contributed by atoms with E-state index in [1.54, 1.807) is 25.4 Å². The molecule has 6 aromatic rings. The molecular formula is C38H33FN6O4S. The average Bonchev–Trinajstić information content (AvgIpc) is 3.95. The molecule has 2 N–H and O–H groups in total. The molecular weight excluding hydrogens is 656 g/mol. The molecule has 0 saturated carbocycles. The van der Waals surface area contributed by atoms with Crippen molar-refractivity contribution in [1.29, 1.82) is 0 Å². The van der Waals surface area contributed by atoms with Crippen molar-refractivity contribution in [3.05, 3.63) is 111 Å². The van der Waals surface area contributed by atoms with E-state index in [2.05, 4.69) is 34.6 Å².